The summed E-state index contributed by atoms with van der Waals surface area (Å²) in [4.78, 5) is 9.55. The molecule has 6 nitrogen and oxygen atoms in total. The van der Waals surface area contributed by atoms with Gasteiger partial charge in [0.05, 0.1) is 12.1 Å². The van der Waals surface area contributed by atoms with E-state index in [2.05, 4.69) is 48.4 Å². The first kappa shape index (κ1) is 20.9. The minimum atomic E-state index is -0.0792. The highest BCUT2D eigenvalue weighted by atomic mass is 127. The Morgan fingerprint density at radius 1 is 1.30 bits per heavy atom. The molecule has 2 N–H and O–H groups in total. The Labute approximate surface area is 158 Å². The van der Waals surface area contributed by atoms with Crippen LogP contribution in [0.5, 0.6) is 0 Å². The summed E-state index contributed by atoms with van der Waals surface area (Å²) >= 11 is 0. The molecule has 23 heavy (non-hydrogen) atoms. The van der Waals surface area contributed by atoms with E-state index in [1.54, 1.807) is 0 Å². The third kappa shape index (κ3) is 6.72. The molecule has 0 bridgehead atoms. The lowest BCUT2D eigenvalue weighted by atomic mass is 10.0. The maximum atomic E-state index is 5.82. The molecule has 2 rings (SSSR count). The second kappa shape index (κ2) is 10.0. The van der Waals surface area contributed by atoms with E-state index in [9.17, 15) is 0 Å². The molecule has 0 radical (unpaired) electrons. The highest BCUT2D eigenvalue weighted by molar-refractivity contribution is 14.0. The summed E-state index contributed by atoms with van der Waals surface area (Å²) < 4.78 is 5.82. The number of nitrogens with zero attached hydrogens (tertiary/aromatic N) is 3. The lowest BCUT2D eigenvalue weighted by molar-refractivity contribution is 0.0283. The van der Waals surface area contributed by atoms with Gasteiger partial charge in [-0.25, -0.2) is 0 Å². The summed E-state index contributed by atoms with van der Waals surface area (Å²) in [5, 5.41) is 6.84. The molecule has 2 saturated heterocycles. The smallest absolute Gasteiger partial charge is 0.191 e. The lowest BCUT2D eigenvalue weighted by Crippen LogP contribution is -2.55. The molecule has 2 heterocycles. The van der Waals surface area contributed by atoms with Crippen LogP contribution >= 0.6 is 24.0 Å². The van der Waals surface area contributed by atoms with Gasteiger partial charge in [0.1, 0.15) is 0 Å². The fourth-order valence-corrected chi connectivity index (χ4v) is 3.09. The Balaban J connectivity index is 0.00000264. The number of guanidine groups is 1. The van der Waals surface area contributed by atoms with Gasteiger partial charge in [-0.3, -0.25) is 9.89 Å². The number of rotatable bonds is 5. The van der Waals surface area contributed by atoms with Gasteiger partial charge in [-0.2, -0.15) is 0 Å². The molecule has 2 atom stereocenters. The molecule has 2 fully saturated rings. The minimum absolute atomic E-state index is 0. The van der Waals surface area contributed by atoms with Gasteiger partial charge in [0.15, 0.2) is 5.96 Å². The van der Waals surface area contributed by atoms with Gasteiger partial charge in [-0.1, -0.05) is 0 Å². The molecule has 0 aromatic rings. The standard InChI is InChI=1S/C16H33N5O.HI/c1-5-17-15(19-13-16(2)7-6-10-22-16)18-11-14-12-20(3)8-9-21(14)4;/h14H,5-13H2,1-4H3,(H2,17,18,19);1H. The fraction of sp³-hybridized carbons (Fsp3) is 0.938. The Morgan fingerprint density at radius 2 is 2.09 bits per heavy atom. The number of aliphatic imine (C=N–C) groups is 1. The number of hydrogen-bond acceptors (Lipinski definition) is 4. The van der Waals surface area contributed by atoms with Gasteiger partial charge in [0.25, 0.3) is 0 Å². The molecule has 2 aliphatic rings. The average Bonchev–Trinajstić information content (AvgIpc) is 2.92. The van der Waals surface area contributed by atoms with Crippen LogP contribution in [0.1, 0.15) is 26.7 Å². The molecule has 7 heteroatoms. The fourth-order valence-electron chi connectivity index (χ4n) is 3.09. The second-order valence-corrected chi connectivity index (χ2v) is 6.87. The van der Waals surface area contributed by atoms with E-state index in [0.717, 1.165) is 64.7 Å². The maximum absolute atomic E-state index is 5.82. The molecule has 136 valence electrons. The number of ether oxygens (including phenoxy) is 1. The number of hydrogen-bond donors (Lipinski definition) is 2. The zero-order chi connectivity index (χ0) is 16.0. The predicted molar refractivity (Wildman–Crippen MR) is 107 cm³/mol. The first-order valence-electron chi connectivity index (χ1n) is 8.57. The molecular formula is C16H34IN5O. The normalized spacial score (nSPS) is 30.1. The number of halogens is 1. The molecule has 2 unspecified atom stereocenters. The van der Waals surface area contributed by atoms with Crippen LogP contribution in [0.2, 0.25) is 0 Å². The molecule has 0 aliphatic carbocycles. The van der Waals surface area contributed by atoms with Crippen LogP contribution in [0.3, 0.4) is 0 Å². The van der Waals surface area contributed by atoms with Gasteiger partial charge in [0, 0.05) is 45.4 Å². The molecule has 0 aromatic carbocycles. The molecule has 0 aromatic heterocycles. The van der Waals surface area contributed by atoms with Crippen molar-refractivity contribution in [1.29, 1.82) is 0 Å². The zero-order valence-corrected chi connectivity index (χ0v) is 17.4. The van der Waals surface area contributed by atoms with Crippen LogP contribution in [-0.4, -0.2) is 87.4 Å². The van der Waals surface area contributed by atoms with Crippen molar-refractivity contribution in [3.8, 4) is 0 Å². The van der Waals surface area contributed by atoms with Crippen LogP contribution in [0, 0.1) is 0 Å². The van der Waals surface area contributed by atoms with E-state index in [1.165, 1.54) is 0 Å². The topological polar surface area (TPSA) is 52.1 Å². The van der Waals surface area contributed by atoms with Crippen molar-refractivity contribution in [2.24, 2.45) is 4.99 Å². The Kier molecular flexibility index (Phi) is 9.10. The van der Waals surface area contributed by atoms with Gasteiger partial charge in [0.2, 0.25) is 0 Å². The maximum Gasteiger partial charge on any atom is 0.191 e. The molecule has 0 amide bonds. The Bertz CT molecular complexity index is 373. The van der Waals surface area contributed by atoms with Crippen molar-refractivity contribution in [3.63, 3.8) is 0 Å². The van der Waals surface area contributed by atoms with Crippen molar-refractivity contribution in [1.82, 2.24) is 20.4 Å². The predicted octanol–water partition coefficient (Wildman–Crippen LogP) is 0.974. The van der Waals surface area contributed by atoms with Crippen molar-refractivity contribution >= 4 is 29.9 Å². The number of nitrogens with one attached hydrogen (secondary N) is 2. The summed E-state index contributed by atoms with van der Waals surface area (Å²) in [5.74, 6) is 0.904. The third-order valence-corrected chi connectivity index (χ3v) is 4.70. The molecular weight excluding hydrogens is 405 g/mol. The van der Waals surface area contributed by atoms with Gasteiger partial charge in [-0.05, 0) is 40.8 Å². The van der Waals surface area contributed by atoms with E-state index < -0.39 is 0 Å². The van der Waals surface area contributed by atoms with Crippen molar-refractivity contribution in [2.75, 3.05) is 60.0 Å². The summed E-state index contributed by atoms with van der Waals surface area (Å²) in [6, 6.07) is 0.529. The summed E-state index contributed by atoms with van der Waals surface area (Å²) in [6.07, 6.45) is 2.25. The van der Waals surface area contributed by atoms with Gasteiger partial charge < -0.3 is 20.3 Å². The lowest BCUT2D eigenvalue weighted by Gasteiger charge is -2.38. The van der Waals surface area contributed by atoms with E-state index in [0.29, 0.717) is 6.04 Å². The SMILES string of the molecule is CCNC(=NCC1(C)CCCO1)NCC1CN(C)CCN1C.I. The quantitative estimate of drug-likeness (QED) is 0.380. The second-order valence-electron chi connectivity index (χ2n) is 6.87. The average molecular weight is 439 g/mol. The van der Waals surface area contributed by atoms with Crippen LogP contribution in [0.25, 0.3) is 0 Å². The van der Waals surface area contributed by atoms with Crippen molar-refractivity contribution in [2.45, 2.75) is 38.3 Å². The highest BCUT2D eigenvalue weighted by Gasteiger charge is 2.29. The Morgan fingerprint density at radius 3 is 2.74 bits per heavy atom. The molecule has 0 spiro atoms. The van der Waals surface area contributed by atoms with Crippen LogP contribution in [-0.2, 0) is 4.74 Å². The minimum Gasteiger partial charge on any atom is -0.373 e. The van der Waals surface area contributed by atoms with E-state index in [1.807, 2.05) is 0 Å². The van der Waals surface area contributed by atoms with Gasteiger partial charge in [-0.15, -0.1) is 24.0 Å². The molecule has 0 saturated carbocycles. The Hall–Kier alpha value is -0.120. The first-order chi connectivity index (χ1) is 10.5. The van der Waals surface area contributed by atoms with Crippen molar-refractivity contribution < 1.29 is 4.74 Å². The van der Waals surface area contributed by atoms with Crippen LogP contribution < -0.4 is 10.6 Å². The summed E-state index contributed by atoms with van der Waals surface area (Å²) in [7, 11) is 4.40. The summed E-state index contributed by atoms with van der Waals surface area (Å²) in [5.41, 5.74) is -0.0792. The van der Waals surface area contributed by atoms with Crippen LogP contribution in [0.4, 0.5) is 0 Å². The highest BCUT2D eigenvalue weighted by Crippen LogP contribution is 2.24. The monoisotopic (exact) mass is 439 g/mol. The van der Waals surface area contributed by atoms with Crippen molar-refractivity contribution in [3.05, 3.63) is 0 Å². The van der Waals surface area contributed by atoms with E-state index in [4.69, 9.17) is 9.73 Å². The summed E-state index contributed by atoms with van der Waals surface area (Å²) in [6.45, 7) is 11.0. The third-order valence-electron chi connectivity index (χ3n) is 4.70. The largest absolute Gasteiger partial charge is 0.373 e. The van der Waals surface area contributed by atoms with Crippen LogP contribution in [0.15, 0.2) is 4.99 Å². The van der Waals surface area contributed by atoms with Gasteiger partial charge >= 0.3 is 0 Å². The van der Waals surface area contributed by atoms with E-state index >= 15 is 0 Å². The number of piperazine rings is 1. The zero-order valence-electron chi connectivity index (χ0n) is 15.1. The van der Waals surface area contributed by atoms with E-state index in [-0.39, 0.29) is 29.6 Å². The first-order valence-corrected chi connectivity index (χ1v) is 8.57. The number of likely N-dealkylation sites (N-methyl/N-ethyl adjacent to an activating group) is 2. The molecule has 2 aliphatic heterocycles.